The van der Waals surface area contributed by atoms with Gasteiger partial charge < -0.3 is 30.1 Å². The number of rotatable bonds is 4. The minimum absolute atomic E-state index is 0.408. The Kier molecular flexibility index (Phi) is 9.40. The third-order valence-corrected chi connectivity index (χ3v) is 5.17. The monoisotopic (exact) mass is 546 g/mol. The Bertz CT molecular complexity index is 963. The molecule has 0 saturated carbocycles. The largest absolute Gasteiger partial charge is 0.464 e. The van der Waals surface area contributed by atoms with Gasteiger partial charge in [0, 0.05) is 5.54 Å². The number of hydrogen-bond donors (Lipinski definition) is 4. The maximum atomic E-state index is 13.5. The molecule has 17 nitrogen and oxygen atoms in total. The third kappa shape index (κ3) is 7.30. The summed E-state index contributed by atoms with van der Waals surface area (Å²) in [7, 11) is 0. The molecule has 17 heteroatoms. The van der Waals surface area contributed by atoms with Crippen molar-refractivity contribution in [1.29, 1.82) is 0 Å². The normalized spacial score (nSPS) is 17.3. The third-order valence-electron chi connectivity index (χ3n) is 5.17. The van der Waals surface area contributed by atoms with Crippen molar-refractivity contribution in [3.63, 3.8) is 0 Å². The molecule has 0 unspecified atom stereocenters. The lowest BCUT2D eigenvalue weighted by Crippen LogP contribution is -2.60. The number of ether oxygens (including phenoxy) is 1. The van der Waals surface area contributed by atoms with Crippen LogP contribution >= 0.6 is 0 Å². The average molecular weight is 546 g/mol. The first-order valence-electron chi connectivity index (χ1n) is 11.0. The zero-order valence-electron chi connectivity index (χ0n) is 21.5. The molecule has 38 heavy (non-hydrogen) atoms. The van der Waals surface area contributed by atoms with Crippen molar-refractivity contribution in [1.82, 2.24) is 19.6 Å². The Morgan fingerprint density at radius 3 is 1.32 bits per heavy atom. The molecule has 1 saturated heterocycles. The summed E-state index contributed by atoms with van der Waals surface area (Å²) in [5.74, 6) is -4.53. The maximum Gasteiger partial charge on any atom is 0.423 e. The summed E-state index contributed by atoms with van der Waals surface area (Å²) in [4.78, 5) is 97.6. The summed E-state index contributed by atoms with van der Waals surface area (Å²) in [6.45, 7) is 8.33. The highest BCUT2D eigenvalue weighted by Gasteiger charge is 2.51. The van der Waals surface area contributed by atoms with E-state index in [1.165, 1.54) is 20.8 Å². The predicted molar refractivity (Wildman–Crippen MR) is 122 cm³/mol. The van der Waals surface area contributed by atoms with Gasteiger partial charge in [0.05, 0.1) is 0 Å². The van der Waals surface area contributed by atoms with E-state index in [-0.39, 0.29) is 0 Å². The number of carbonyl (C=O) groups excluding carboxylic acids is 4. The van der Waals surface area contributed by atoms with Gasteiger partial charge in [-0.15, -0.1) is 9.80 Å². The fraction of sp³-hybridized carbons (Fsp3) is 0.619. The molecule has 0 aromatic heterocycles. The number of imide groups is 6. The summed E-state index contributed by atoms with van der Waals surface area (Å²) in [5, 5.41) is 36.6. The van der Waals surface area contributed by atoms with E-state index in [1.54, 1.807) is 20.8 Å². The zero-order chi connectivity index (χ0) is 29.9. The van der Waals surface area contributed by atoms with E-state index in [1.807, 2.05) is 0 Å². The van der Waals surface area contributed by atoms with E-state index in [0.717, 1.165) is 4.90 Å². The topological polar surface area (TPSA) is 240 Å². The van der Waals surface area contributed by atoms with E-state index in [4.69, 9.17) is 25.2 Å². The van der Waals surface area contributed by atoms with Crippen LogP contribution in [-0.2, 0) is 19.1 Å². The van der Waals surface area contributed by atoms with Crippen LogP contribution < -0.4 is 0 Å². The molecule has 0 radical (unpaired) electrons. The van der Waals surface area contributed by atoms with Crippen molar-refractivity contribution < 1.29 is 63.5 Å². The van der Waals surface area contributed by atoms with Crippen LogP contribution in [0.15, 0.2) is 0 Å². The van der Waals surface area contributed by atoms with Crippen molar-refractivity contribution in [2.24, 2.45) is 0 Å². The summed E-state index contributed by atoms with van der Waals surface area (Å²) in [6, 6.07) is -3.85. The Morgan fingerprint density at radius 1 is 0.711 bits per heavy atom. The first-order valence-corrected chi connectivity index (χ1v) is 11.0. The fourth-order valence-corrected chi connectivity index (χ4v) is 3.59. The van der Waals surface area contributed by atoms with Crippen molar-refractivity contribution >= 4 is 48.2 Å². The SMILES string of the molecule is CC(C)(C)OC(=O)N(CC(=O)N1[C@@H](C(=O)N(C(=O)O)C(=O)O)CC[C@H]1C(=O)N(C(=O)O)C(=O)O)C(C)(C)C. The first-order chi connectivity index (χ1) is 17.1. The number of nitrogens with zero attached hydrogens (tertiary/aromatic N) is 4. The second-order valence-corrected chi connectivity index (χ2v) is 10.1. The molecule has 4 N–H and O–H groups in total. The molecule has 0 bridgehead atoms. The number of hydrogen-bond acceptors (Lipinski definition) is 9. The van der Waals surface area contributed by atoms with Crippen LogP contribution in [0.25, 0.3) is 0 Å². The molecule has 1 rings (SSSR count). The second-order valence-electron chi connectivity index (χ2n) is 10.1. The van der Waals surface area contributed by atoms with Gasteiger partial charge in [0.25, 0.3) is 11.8 Å². The minimum Gasteiger partial charge on any atom is -0.464 e. The van der Waals surface area contributed by atoms with Crippen LogP contribution in [0.5, 0.6) is 0 Å². The van der Waals surface area contributed by atoms with Crippen LogP contribution in [0, 0.1) is 0 Å². The number of carboxylic acid groups (broad SMARTS) is 4. The molecular weight excluding hydrogens is 516 g/mol. The van der Waals surface area contributed by atoms with E-state index in [9.17, 15) is 38.4 Å². The smallest absolute Gasteiger partial charge is 0.423 e. The molecule has 1 heterocycles. The highest BCUT2D eigenvalue weighted by molar-refractivity contribution is 6.11. The van der Waals surface area contributed by atoms with Gasteiger partial charge in [-0.25, -0.2) is 24.0 Å². The van der Waals surface area contributed by atoms with Crippen molar-refractivity contribution in [3.05, 3.63) is 0 Å². The zero-order valence-corrected chi connectivity index (χ0v) is 21.5. The Morgan fingerprint density at radius 2 is 1.05 bits per heavy atom. The molecule has 212 valence electrons. The number of amides is 8. The minimum atomic E-state index is -2.22. The van der Waals surface area contributed by atoms with E-state index >= 15 is 0 Å². The Hall–Kier alpha value is -4.44. The van der Waals surface area contributed by atoms with E-state index < -0.39 is 101 Å². The van der Waals surface area contributed by atoms with Crippen molar-refractivity contribution in [2.75, 3.05) is 6.54 Å². The highest BCUT2D eigenvalue weighted by atomic mass is 16.6. The Balaban J connectivity index is 3.59. The molecule has 1 aliphatic heterocycles. The lowest BCUT2D eigenvalue weighted by atomic mass is 10.1. The summed E-state index contributed by atoms with van der Waals surface area (Å²) < 4.78 is 5.30. The number of carbonyl (C=O) groups is 8. The highest BCUT2D eigenvalue weighted by Crippen LogP contribution is 2.29. The number of likely N-dealkylation sites (tertiary alicyclic amines) is 1. The lowest BCUT2D eigenvalue weighted by Gasteiger charge is -2.38. The van der Waals surface area contributed by atoms with Gasteiger partial charge >= 0.3 is 30.5 Å². The van der Waals surface area contributed by atoms with Gasteiger partial charge in [-0.2, -0.15) is 0 Å². The van der Waals surface area contributed by atoms with Crippen LogP contribution in [0.2, 0.25) is 0 Å². The van der Waals surface area contributed by atoms with E-state index in [0.29, 0.717) is 4.90 Å². The Labute approximate surface area is 216 Å². The maximum absolute atomic E-state index is 13.5. The van der Waals surface area contributed by atoms with Crippen LogP contribution in [0.4, 0.5) is 24.0 Å². The molecule has 1 fully saturated rings. The van der Waals surface area contributed by atoms with Crippen LogP contribution in [0.3, 0.4) is 0 Å². The summed E-state index contributed by atoms with van der Waals surface area (Å²) in [6.07, 6.45) is -10.9. The second kappa shape index (κ2) is 11.3. The van der Waals surface area contributed by atoms with Crippen LogP contribution in [-0.4, -0.2) is 118 Å². The molecule has 1 aliphatic rings. The quantitative estimate of drug-likeness (QED) is 0.393. The van der Waals surface area contributed by atoms with E-state index in [2.05, 4.69) is 0 Å². The van der Waals surface area contributed by atoms with Gasteiger partial charge in [0.2, 0.25) is 5.91 Å². The molecule has 2 atom stereocenters. The fourth-order valence-electron chi connectivity index (χ4n) is 3.59. The van der Waals surface area contributed by atoms with Gasteiger partial charge in [-0.1, -0.05) is 0 Å². The van der Waals surface area contributed by atoms with Gasteiger partial charge in [-0.3, -0.25) is 19.3 Å². The summed E-state index contributed by atoms with van der Waals surface area (Å²) >= 11 is 0. The molecule has 0 spiro atoms. The van der Waals surface area contributed by atoms with Gasteiger partial charge in [0.1, 0.15) is 24.2 Å². The molecule has 0 aromatic carbocycles. The molecule has 8 amide bonds. The molecule has 0 aliphatic carbocycles. The van der Waals surface area contributed by atoms with Gasteiger partial charge in [-0.05, 0) is 54.4 Å². The molecule has 0 aromatic rings. The van der Waals surface area contributed by atoms with Crippen molar-refractivity contribution in [2.45, 2.75) is 77.6 Å². The van der Waals surface area contributed by atoms with Gasteiger partial charge in [0.15, 0.2) is 0 Å². The predicted octanol–water partition coefficient (Wildman–Crippen LogP) is 1.75. The standard InChI is InChI=1S/C21H30N4O13/c1-20(2,3)22(19(37)38-21(4,5)6)9-12(26)23-10(13(27)24(15(29)30)16(31)32)7-8-11(23)14(28)25(17(33)34)18(35)36/h10-11H,7-9H2,1-6H3,(H,29,30)(H,31,32)(H,33,34)(H,35,36)/t10-,11+. The lowest BCUT2D eigenvalue weighted by molar-refractivity contribution is -0.149. The first kappa shape index (κ1) is 31.6. The van der Waals surface area contributed by atoms with Crippen molar-refractivity contribution in [3.8, 4) is 0 Å². The average Bonchev–Trinajstić information content (AvgIpc) is 3.13. The molecular formula is C21H30N4O13. The summed E-state index contributed by atoms with van der Waals surface area (Å²) in [5.41, 5.74) is -2.10. The van der Waals surface area contributed by atoms with Crippen LogP contribution in [0.1, 0.15) is 54.4 Å².